The highest BCUT2D eigenvalue weighted by Crippen LogP contribution is 2.35. The van der Waals surface area contributed by atoms with E-state index < -0.39 is 23.6 Å². The first-order valence-corrected chi connectivity index (χ1v) is 4.67. The molecule has 0 aromatic heterocycles. The molecular weight excluding hydrogens is 227 g/mol. The average Bonchev–Trinajstić information content (AvgIpc) is 2.10. The van der Waals surface area contributed by atoms with Crippen molar-refractivity contribution in [3.8, 4) is 0 Å². The van der Waals surface area contributed by atoms with Gasteiger partial charge in [0.1, 0.15) is 0 Å². The van der Waals surface area contributed by atoms with Crippen LogP contribution in [0.15, 0.2) is 0 Å². The summed E-state index contributed by atoms with van der Waals surface area (Å²) in [5.41, 5.74) is -3.17. The predicted octanol–water partition coefficient (Wildman–Crippen LogP) is 1.65. The van der Waals surface area contributed by atoms with Crippen molar-refractivity contribution in [1.29, 1.82) is 0 Å². The number of amides is 1. The topological polar surface area (TPSA) is 57.6 Å². The second-order valence-corrected chi connectivity index (χ2v) is 3.55. The van der Waals surface area contributed by atoms with Gasteiger partial charge >= 0.3 is 12.1 Å². The minimum atomic E-state index is -5.01. The lowest BCUT2D eigenvalue weighted by Gasteiger charge is -2.38. The van der Waals surface area contributed by atoms with Gasteiger partial charge in [-0.05, 0) is 13.3 Å². The zero-order valence-electron chi connectivity index (χ0n) is 9.26. The van der Waals surface area contributed by atoms with Crippen LogP contribution in [-0.4, -0.2) is 40.1 Å². The molecular formula is C9H14F3NO3. The molecule has 0 aromatic carbocycles. The fraction of sp³-hybridized carbons (Fsp3) is 0.778. The summed E-state index contributed by atoms with van der Waals surface area (Å²) >= 11 is 0. The van der Waals surface area contributed by atoms with Crippen LogP contribution in [0.25, 0.3) is 0 Å². The quantitative estimate of drug-likeness (QED) is 0.814. The van der Waals surface area contributed by atoms with Crippen molar-refractivity contribution in [2.75, 3.05) is 6.54 Å². The lowest BCUT2D eigenvalue weighted by atomic mass is 9.98. The van der Waals surface area contributed by atoms with Gasteiger partial charge in [-0.2, -0.15) is 13.2 Å². The Kier molecular flexibility index (Phi) is 4.34. The number of hydrogen-bond acceptors (Lipinski definition) is 2. The summed E-state index contributed by atoms with van der Waals surface area (Å²) in [4.78, 5) is 22.2. The molecule has 0 saturated carbocycles. The normalized spacial score (nSPS) is 15.4. The van der Waals surface area contributed by atoms with E-state index in [0.29, 0.717) is 11.8 Å². The zero-order valence-corrected chi connectivity index (χ0v) is 9.26. The van der Waals surface area contributed by atoms with E-state index in [2.05, 4.69) is 0 Å². The van der Waals surface area contributed by atoms with Crippen LogP contribution in [0.3, 0.4) is 0 Å². The summed E-state index contributed by atoms with van der Waals surface area (Å²) in [6, 6.07) is 0. The van der Waals surface area contributed by atoms with E-state index in [1.54, 1.807) is 6.92 Å². The highest BCUT2D eigenvalue weighted by molar-refractivity contribution is 5.86. The van der Waals surface area contributed by atoms with Crippen LogP contribution in [0.2, 0.25) is 0 Å². The highest BCUT2D eigenvalue weighted by Gasteiger charge is 2.61. The Morgan fingerprint density at radius 3 is 1.94 bits per heavy atom. The van der Waals surface area contributed by atoms with Crippen LogP contribution < -0.4 is 0 Å². The molecule has 0 spiro atoms. The standard InChI is InChI=1S/C9H14F3NO3/c1-4-5-13(6(2)14)8(3,7(15)16)9(10,11)12/h4-5H2,1-3H3,(H,15,16). The Morgan fingerprint density at radius 2 is 1.75 bits per heavy atom. The number of alkyl halides is 3. The number of rotatable bonds is 4. The molecule has 0 bridgehead atoms. The van der Waals surface area contributed by atoms with Crippen LogP contribution in [-0.2, 0) is 9.59 Å². The Bertz CT molecular complexity index is 290. The van der Waals surface area contributed by atoms with Crippen molar-refractivity contribution < 1.29 is 27.9 Å². The van der Waals surface area contributed by atoms with Crippen molar-refractivity contribution in [3.05, 3.63) is 0 Å². The van der Waals surface area contributed by atoms with Gasteiger partial charge in [-0.15, -0.1) is 0 Å². The molecule has 0 aliphatic carbocycles. The monoisotopic (exact) mass is 241 g/mol. The maximum Gasteiger partial charge on any atom is 0.422 e. The molecule has 1 unspecified atom stereocenters. The molecule has 1 N–H and O–H groups in total. The number of hydrogen-bond donors (Lipinski definition) is 1. The second-order valence-electron chi connectivity index (χ2n) is 3.55. The van der Waals surface area contributed by atoms with Crippen molar-refractivity contribution in [1.82, 2.24) is 4.90 Å². The molecule has 16 heavy (non-hydrogen) atoms. The molecule has 0 rings (SSSR count). The van der Waals surface area contributed by atoms with Gasteiger partial charge in [-0.25, -0.2) is 4.79 Å². The van der Waals surface area contributed by atoms with Crippen LogP contribution in [0, 0.1) is 0 Å². The van der Waals surface area contributed by atoms with E-state index in [1.807, 2.05) is 0 Å². The molecule has 0 fully saturated rings. The molecule has 1 atom stereocenters. The lowest BCUT2D eigenvalue weighted by Crippen LogP contribution is -2.63. The minimum absolute atomic E-state index is 0.249. The molecule has 0 aliphatic heterocycles. The van der Waals surface area contributed by atoms with E-state index in [4.69, 9.17) is 5.11 Å². The van der Waals surface area contributed by atoms with Crippen LogP contribution in [0.4, 0.5) is 13.2 Å². The maximum absolute atomic E-state index is 12.7. The molecule has 7 heteroatoms. The van der Waals surface area contributed by atoms with Gasteiger partial charge in [0.05, 0.1) is 0 Å². The van der Waals surface area contributed by atoms with Gasteiger partial charge in [-0.1, -0.05) is 6.92 Å². The SMILES string of the molecule is CCCN(C(C)=O)C(C)(C(=O)O)C(F)(F)F. The Morgan fingerprint density at radius 1 is 1.31 bits per heavy atom. The van der Waals surface area contributed by atoms with Gasteiger partial charge < -0.3 is 10.0 Å². The van der Waals surface area contributed by atoms with E-state index in [9.17, 15) is 22.8 Å². The molecule has 0 saturated heterocycles. The third-order valence-electron chi connectivity index (χ3n) is 2.34. The molecule has 0 aromatic rings. The van der Waals surface area contributed by atoms with E-state index in [-0.39, 0.29) is 13.0 Å². The number of nitrogens with zero attached hydrogens (tertiary/aromatic N) is 1. The van der Waals surface area contributed by atoms with Crippen molar-refractivity contribution in [2.24, 2.45) is 0 Å². The maximum atomic E-state index is 12.7. The highest BCUT2D eigenvalue weighted by atomic mass is 19.4. The predicted molar refractivity (Wildman–Crippen MR) is 49.8 cm³/mol. The van der Waals surface area contributed by atoms with Crippen LogP contribution in [0.5, 0.6) is 0 Å². The first-order valence-electron chi connectivity index (χ1n) is 4.67. The Balaban J connectivity index is 5.48. The number of carboxylic acids is 1. The molecule has 4 nitrogen and oxygen atoms in total. The molecule has 0 aliphatic rings. The van der Waals surface area contributed by atoms with Gasteiger partial charge in [0.15, 0.2) is 0 Å². The Labute approximate surface area is 91.0 Å². The van der Waals surface area contributed by atoms with Crippen LogP contribution in [0.1, 0.15) is 27.2 Å². The van der Waals surface area contributed by atoms with Crippen molar-refractivity contribution in [2.45, 2.75) is 38.9 Å². The molecule has 0 radical (unpaired) electrons. The Hall–Kier alpha value is -1.27. The van der Waals surface area contributed by atoms with Gasteiger partial charge in [0.2, 0.25) is 11.4 Å². The van der Waals surface area contributed by atoms with Crippen molar-refractivity contribution in [3.63, 3.8) is 0 Å². The first-order chi connectivity index (χ1) is 7.09. The number of carbonyl (C=O) groups is 2. The van der Waals surface area contributed by atoms with Gasteiger partial charge in [0, 0.05) is 13.5 Å². The fourth-order valence-electron chi connectivity index (χ4n) is 1.31. The summed E-state index contributed by atoms with van der Waals surface area (Å²) in [5.74, 6) is -2.99. The average molecular weight is 241 g/mol. The first kappa shape index (κ1) is 14.7. The summed E-state index contributed by atoms with van der Waals surface area (Å²) in [7, 11) is 0. The zero-order chi connectivity index (χ0) is 13.1. The third kappa shape index (κ3) is 2.45. The lowest BCUT2D eigenvalue weighted by molar-refractivity contribution is -0.232. The number of carboxylic acid groups (broad SMARTS) is 1. The van der Waals surface area contributed by atoms with E-state index in [1.165, 1.54) is 0 Å². The molecule has 1 amide bonds. The summed E-state index contributed by atoms with van der Waals surface area (Å²) in [6.45, 7) is 2.72. The number of halogens is 3. The third-order valence-corrected chi connectivity index (χ3v) is 2.34. The van der Waals surface area contributed by atoms with Gasteiger partial charge in [0.25, 0.3) is 0 Å². The smallest absolute Gasteiger partial charge is 0.422 e. The largest absolute Gasteiger partial charge is 0.479 e. The second kappa shape index (κ2) is 4.71. The summed E-state index contributed by atoms with van der Waals surface area (Å²) < 4.78 is 38.1. The van der Waals surface area contributed by atoms with E-state index >= 15 is 0 Å². The number of carbonyl (C=O) groups excluding carboxylic acids is 1. The van der Waals surface area contributed by atoms with E-state index in [0.717, 1.165) is 6.92 Å². The van der Waals surface area contributed by atoms with Crippen LogP contribution >= 0.6 is 0 Å². The summed E-state index contributed by atoms with van der Waals surface area (Å²) in [6.07, 6.45) is -4.77. The fourth-order valence-corrected chi connectivity index (χ4v) is 1.31. The molecule has 94 valence electrons. The minimum Gasteiger partial charge on any atom is -0.479 e. The van der Waals surface area contributed by atoms with Gasteiger partial charge in [-0.3, -0.25) is 4.79 Å². The van der Waals surface area contributed by atoms with Crippen molar-refractivity contribution >= 4 is 11.9 Å². The number of aliphatic carboxylic acids is 1. The molecule has 0 heterocycles. The summed E-state index contributed by atoms with van der Waals surface area (Å²) in [5, 5.41) is 8.70.